The predicted octanol–water partition coefficient (Wildman–Crippen LogP) is 0.443. The summed E-state index contributed by atoms with van der Waals surface area (Å²) in [7, 11) is 1.84. The molecule has 0 saturated heterocycles. The minimum absolute atomic E-state index is 0. The monoisotopic (exact) mass is 246 g/mol. The molecule has 0 aliphatic carbocycles. The Balaban J connectivity index is 0.00000225. The fourth-order valence-corrected chi connectivity index (χ4v) is 1.08. The Hall–Kier alpha value is -1.07. The van der Waals surface area contributed by atoms with Crippen LogP contribution in [0.3, 0.4) is 0 Å². The van der Waals surface area contributed by atoms with Crippen LogP contribution < -0.4 is 11.1 Å². The van der Waals surface area contributed by atoms with Gasteiger partial charge in [-0.25, -0.2) is 0 Å². The normalized spacial score (nSPS) is 10.8. The lowest BCUT2D eigenvalue weighted by Gasteiger charge is -2.21. The van der Waals surface area contributed by atoms with Crippen molar-refractivity contribution in [1.29, 1.82) is 0 Å². The minimum atomic E-state index is -0.515. The number of hydrogen-bond donors (Lipinski definition) is 2. The molecule has 3 N–H and O–H groups in total. The summed E-state index contributed by atoms with van der Waals surface area (Å²) < 4.78 is 1.73. The molecule has 0 atom stereocenters. The van der Waals surface area contributed by atoms with Crippen molar-refractivity contribution in [1.82, 2.24) is 15.1 Å². The van der Waals surface area contributed by atoms with E-state index in [1.54, 1.807) is 10.9 Å². The summed E-state index contributed by atoms with van der Waals surface area (Å²) in [6.45, 7) is 4.47. The van der Waals surface area contributed by atoms with Crippen molar-refractivity contribution < 1.29 is 4.79 Å². The van der Waals surface area contributed by atoms with Gasteiger partial charge in [-0.05, 0) is 19.9 Å². The fraction of sp³-hybridized carbons (Fsp3) is 0.600. The third kappa shape index (κ3) is 3.50. The van der Waals surface area contributed by atoms with Crippen LogP contribution in [-0.2, 0) is 18.4 Å². The highest BCUT2D eigenvalue weighted by Gasteiger charge is 2.25. The first kappa shape index (κ1) is 14.9. The number of aromatic nitrogens is 2. The maximum atomic E-state index is 11.7. The van der Waals surface area contributed by atoms with Crippen LogP contribution in [0.2, 0.25) is 0 Å². The molecular formula is C10H19ClN4O. The molecule has 0 spiro atoms. The second-order valence-corrected chi connectivity index (χ2v) is 4.22. The van der Waals surface area contributed by atoms with Crippen LogP contribution in [0.4, 0.5) is 0 Å². The van der Waals surface area contributed by atoms with Crippen molar-refractivity contribution in [3.63, 3.8) is 0 Å². The Morgan fingerprint density at radius 2 is 2.25 bits per heavy atom. The number of halogens is 1. The molecule has 0 saturated carbocycles. The van der Waals surface area contributed by atoms with E-state index in [0.29, 0.717) is 13.1 Å². The molecule has 1 aromatic heterocycles. The minimum Gasteiger partial charge on any atom is -0.350 e. The molecule has 0 aliphatic rings. The number of carbonyl (C=O) groups excluding carboxylic acids is 1. The standard InChI is InChI=1S/C10H18N4O.ClH/c1-10(2,7-11)9(15)12-6-8-4-5-13-14(8)3;/h4-5H,6-7,11H2,1-3H3,(H,12,15);1H. The van der Waals surface area contributed by atoms with Gasteiger partial charge in [0.15, 0.2) is 0 Å². The predicted molar refractivity (Wildman–Crippen MR) is 65.1 cm³/mol. The van der Waals surface area contributed by atoms with Crippen molar-refractivity contribution in [2.75, 3.05) is 6.54 Å². The summed E-state index contributed by atoms with van der Waals surface area (Å²) in [6, 6.07) is 1.87. The van der Waals surface area contributed by atoms with E-state index in [0.717, 1.165) is 5.69 Å². The summed E-state index contributed by atoms with van der Waals surface area (Å²) in [4.78, 5) is 11.7. The summed E-state index contributed by atoms with van der Waals surface area (Å²) >= 11 is 0. The van der Waals surface area contributed by atoms with E-state index in [4.69, 9.17) is 5.73 Å². The highest BCUT2D eigenvalue weighted by Crippen LogP contribution is 2.12. The second kappa shape index (κ2) is 5.86. The average Bonchev–Trinajstić information content (AvgIpc) is 2.60. The van der Waals surface area contributed by atoms with E-state index in [2.05, 4.69) is 10.4 Å². The Morgan fingerprint density at radius 3 is 2.69 bits per heavy atom. The first-order valence-electron chi connectivity index (χ1n) is 4.92. The molecule has 5 nitrogen and oxygen atoms in total. The Bertz CT molecular complexity index is 348. The van der Waals surface area contributed by atoms with E-state index in [9.17, 15) is 4.79 Å². The summed E-state index contributed by atoms with van der Waals surface area (Å²) in [5.74, 6) is -0.0359. The van der Waals surface area contributed by atoms with Crippen molar-refractivity contribution in [2.24, 2.45) is 18.2 Å². The van der Waals surface area contributed by atoms with E-state index < -0.39 is 5.41 Å². The molecule has 1 amide bonds. The van der Waals surface area contributed by atoms with Crippen LogP contribution >= 0.6 is 12.4 Å². The Labute approximate surface area is 102 Å². The molecule has 6 heteroatoms. The molecule has 0 bridgehead atoms. The van der Waals surface area contributed by atoms with Crippen LogP contribution in [0.5, 0.6) is 0 Å². The molecule has 0 unspecified atom stereocenters. The molecule has 1 heterocycles. The highest BCUT2D eigenvalue weighted by molar-refractivity contribution is 5.85. The third-order valence-electron chi connectivity index (χ3n) is 2.48. The molecular weight excluding hydrogens is 228 g/mol. The number of amides is 1. The van der Waals surface area contributed by atoms with Gasteiger partial charge in [-0.1, -0.05) is 0 Å². The van der Waals surface area contributed by atoms with E-state index in [1.165, 1.54) is 0 Å². The first-order valence-corrected chi connectivity index (χ1v) is 4.92. The maximum absolute atomic E-state index is 11.7. The maximum Gasteiger partial charge on any atom is 0.227 e. The smallest absolute Gasteiger partial charge is 0.227 e. The third-order valence-corrected chi connectivity index (χ3v) is 2.48. The number of carbonyl (C=O) groups is 1. The van der Waals surface area contributed by atoms with E-state index in [-0.39, 0.29) is 18.3 Å². The van der Waals surface area contributed by atoms with Crippen LogP contribution in [0.1, 0.15) is 19.5 Å². The molecule has 0 radical (unpaired) electrons. The number of nitrogens with two attached hydrogens (primary N) is 1. The Kier molecular flexibility index (Phi) is 5.47. The van der Waals surface area contributed by atoms with Crippen molar-refractivity contribution in [3.05, 3.63) is 18.0 Å². The van der Waals surface area contributed by atoms with Crippen molar-refractivity contribution >= 4 is 18.3 Å². The van der Waals surface area contributed by atoms with Crippen molar-refractivity contribution in [3.8, 4) is 0 Å². The summed E-state index contributed by atoms with van der Waals surface area (Å²) in [5.41, 5.74) is 5.96. The molecule has 92 valence electrons. The topological polar surface area (TPSA) is 72.9 Å². The highest BCUT2D eigenvalue weighted by atomic mass is 35.5. The SMILES string of the molecule is Cl.Cn1nccc1CNC(=O)C(C)(C)CN. The zero-order chi connectivity index (χ0) is 11.5. The van der Waals surface area contributed by atoms with E-state index >= 15 is 0 Å². The molecule has 0 aliphatic heterocycles. The first-order chi connectivity index (χ1) is 6.97. The van der Waals surface area contributed by atoms with Gasteiger partial charge in [0.2, 0.25) is 5.91 Å². The van der Waals surface area contributed by atoms with Gasteiger partial charge < -0.3 is 11.1 Å². The fourth-order valence-electron chi connectivity index (χ4n) is 1.08. The van der Waals surface area contributed by atoms with Gasteiger partial charge in [-0.3, -0.25) is 9.48 Å². The molecule has 1 aromatic rings. The zero-order valence-corrected chi connectivity index (χ0v) is 10.7. The zero-order valence-electron chi connectivity index (χ0n) is 9.86. The number of nitrogens with one attached hydrogen (secondary N) is 1. The number of hydrogen-bond acceptors (Lipinski definition) is 3. The number of aryl methyl sites for hydroxylation is 1. The lowest BCUT2D eigenvalue weighted by molar-refractivity contribution is -0.129. The van der Waals surface area contributed by atoms with Gasteiger partial charge >= 0.3 is 0 Å². The largest absolute Gasteiger partial charge is 0.350 e. The molecule has 1 rings (SSSR count). The van der Waals surface area contributed by atoms with Crippen LogP contribution in [0.25, 0.3) is 0 Å². The lowest BCUT2D eigenvalue weighted by Crippen LogP contribution is -2.41. The molecule has 0 fully saturated rings. The Morgan fingerprint density at radius 1 is 1.62 bits per heavy atom. The van der Waals surface area contributed by atoms with Crippen LogP contribution in [-0.4, -0.2) is 22.2 Å². The van der Waals surface area contributed by atoms with Crippen molar-refractivity contribution in [2.45, 2.75) is 20.4 Å². The van der Waals surface area contributed by atoms with Crippen LogP contribution in [0, 0.1) is 5.41 Å². The molecule has 0 aromatic carbocycles. The van der Waals surface area contributed by atoms with Crippen LogP contribution in [0.15, 0.2) is 12.3 Å². The summed E-state index contributed by atoms with van der Waals surface area (Å²) in [6.07, 6.45) is 1.70. The average molecular weight is 247 g/mol. The van der Waals surface area contributed by atoms with Gasteiger partial charge in [0.1, 0.15) is 0 Å². The van der Waals surface area contributed by atoms with Gasteiger partial charge in [0.05, 0.1) is 17.7 Å². The number of nitrogens with zero attached hydrogens (tertiary/aromatic N) is 2. The van der Waals surface area contributed by atoms with Gasteiger partial charge in [0.25, 0.3) is 0 Å². The molecule has 16 heavy (non-hydrogen) atoms. The number of rotatable bonds is 4. The summed E-state index contributed by atoms with van der Waals surface area (Å²) in [5, 5.41) is 6.85. The second-order valence-electron chi connectivity index (χ2n) is 4.22. The van der Waals surface area contributed by atoms with Gasteiger partial charge in [0, 0.05) is 19.8 Å². The van der Waals surface area contributed by atoms with Gasteiger partial charge in [-0.15, -0.1) is 12.4 Å². The quantitative estimate of drug-likeness (QED) is 0.810. The lowest BCUT2D eigenvalue weighted by atomic mass is 9.93. The van der Waals surface area contributed by atoms with E-state index in [1.807, 2.05) is 27.0 Å². The van der Waals surface area contributed by atoms with Gasteiger partial charge in [-0.2, -0.15) is 5.10 Å².